The molecule has 4 nitrogen and oxygen atoms in total. The number of rotatable bonds is 4. The zero-order valence-corrected chi connectivity index (χ0v) is 9.45. The van der Waals surface area contributed by atoms with Crippen LogP contribution in [0.25, 0.3) is 0 Å². The fourth-order valence-electron chi connectivity index (χ4n) is 1.20. The highest BCUT2D eigenvalue weighted by Crippen LogP contribution is 2.03. The van der Waals surface area contributed by atoms with Crippen molar-refractivity contribution in [3.63, 3.8) is 0 Å². The molecule has 0 aliphatic carbocycles. The van der Waals surface area contributed by atoms with Crippen LogP contribution in [0.4, 0.5) is 0 Å². The van der Waals surface area contributed by atoms with Gasteiger partial charge in [-0.3, -0.25) is 9.59 Å². The van der Waals surface area contributed by atoms with E-state index in [0.717, 1.165) is 11.1 Å². The van der Waals surface area contributed by atoms with Gasteiger partial charge in [0.2, 0.25) is 5.91 Å². The van der Waals surface area contributed by atoms with E-state index in [0.29, 0.717) is 0 Å². The number of hydrogen-bond donors (Lipinski definition) is 1. The predicted molar refractivity (Wildman–Crippen MR) is 59.9 cm³/mol. The maximum absolute atomic E-state index is 11.4. The molecule has 0 saturated heterocycles. The molecule has 0 unspecified atom stereocenters. The van der Waals surface area contributed by atoms with Crippen LogP contribution in [0.3, 0.4) is 0 Å². The van der Waals surface area contributed by atoms with Gasteiger partial charge in [-0.05, 0) is 12.5 Å². The minimum absolute atomic E-state index is 0.0821. The standard InChI is InChI=1S/C12H15NO3/c1-9-3-5-10(6-4-9)7-11(14)13-8-12(15)16-2/h3-6H,7-8H2,1-2H3,(H,13,14). The number of amides is 1. The van der Waals surface area contributed by atoms with E-state index in [1.807, 2.05) is 31.2 Å². The van der Waals surface area contributed by atoms with E-state index in [4.69, 9.17) is 0 Å². The van der Waals surface area contributed by atoms with E-state index in [1.54, 1.807) is 0 Å². The maximum atomic E-state index is 11.4. The Kier molecular flexibility index (Phi) is 4.51. The molecule has 0 radical (unpaired) electrons. The van der Waals surface area contributed by atoms with Crippen LogP contribution in [-0.4, -0.2) is 25.5 Å². The zero-order valence-electron chi connectivity index (χ0n) is 9.45. The van der Waals surface area contributed by atoms with Crippen molar-refractivity contribution in [3.8, 4) is 0 Å². The van der Waals surface area contributed by atoms with Gasteiger partial charge in [0.05, 0.1) is 13.5 Å². The summed E-state index contributed by atoms with van der Waals surface area (Å²) in [5.41, 5.74) is 2.08. The highest BCUT2D eigenvalue weighted by molar-refractivity contribution is 5.83. The average Bonchev–Trinajstić information content (AvgIpc) is 2.29. The third kappa shape index (κ3) is 4.13. The van der Waals surface area contributed by atoms with Crippen LogP contribution < -0.4 is 5.32 Å². The van der Waals surface area contributed by atoms with Crippen LogP contribution >= 0.6 is 0 Å². The molecule has 0 fully saturated rings. The van der Waals surface area contributed by atoms with Crippen molar-refractivity contribution in [1.29, 1.82) is 0 Å². The molecule has 86 valence electrons. The highest BCUT2D eigenvalue weighted by Gasteiger charge is 2.05. The highest BCUT2D eigenvalue weighted by atomic mass is 16.5. The largest absolute Gasteiger partial charge is 0.468 e. The fraction of sp³-hybridized carbons (Fsp3) is 0.333. The van der Waals surface area contributed by atoms with Crippen molar-refractivity contribution in [3.05, 3.63) is 35.4 Å². The maximum Gasteiger partial charge on any atom is 0.325 e. The van der Waals surface area contributed by atoms with Gasteiger partial charge in [-0.2, -0.15) is 0 Å². The summed E-state index contributed by atoms with van der Waals surface area (Å²) in [7, 11) is 1.29. The average molecular weight is 221 g/mol. The SMILES string of the molecule is COC(=O)CNC(=O)Cc1ccc(C)cc1. The summed E-state index contributed by atoms with van der Waals surface area (Å²) in [6.07, 6.45) is 0.275. The molecule has 0 heterocycles. The van der Waals surface area contributed by atoms with Gasteiger partial charge in [-0.1, -0.05) is 29.8 Å². The quantitative estimate of drug-likeness (QED) is 0.766. The third-order valence-electron chi connectivity index (χ3n) is 2.14. The minimum atomic E-state index is -0.447. The molecule has 0 atom stereocenters. The number of aryl methyl sites for hydroxylation is 1. The topological polar surface area (TPSA) is 55.4 Å². The van der Waals surface area contributed by atoms with E-state index in [1.165, 1.54) is 7.11 Å². The van der Waals surface area contributed by atoms with Crippen molar-refractivity contribution in [2.75, 3.05) is 13.7 Å². The summed E-state index contributed by atoms with van der Waals surface area (Å²) in [4.78, 5) is 22.2. The number of esters is 1. The Bertz CT molecular complexity index is 370. The summed E-state index contributed by atoms with van der Waals surface area (Å²) < 4.78 is 4.41. The number of hydrogen-bond acceptors (Lipinski definition) is 3. The molecule has 0 saturated carbocycles. The summed E-state index contributed by atoms with van der Waals surface area (Å²) in [5.74, 6) is -0.633. The predicted octanol–water partition coefficient (Wildman–Crippen LogP) is 0.827. The molecular formula is C12H15NO3. The van der Waals surface area contributed by atoms with E-state index < -0.39 is 5.97 Å². The first-order valence-corrected chi connectivity index (χ1v) is 5.01. The number of nitrogens with one attached hydrogen (secondary N) is 1. The first-order valence-electron chi connectivity index (χ1n) is 5.01. The van der Waals surface area contributed by atoms with E-state index >= 15 is 0 Å². The van der Waals surface area contributed by atoms with Crippen LogP contribution in [0.1, 0.15) is 11.1 Å². The van der Waals surface area contributed by atoms with Crippen molar-refractivity contribution in [1.82, 2.24) is 5.32 Å². The first-order chi connectivity index (χ1) is 7.61. The Hall–Kier alpha value is -1.84. The fourth-order valence-corrected chi connectivity index (χ4v) is 1.20. The Morgan fingerprint density at radius 2 is 1.88 bits per heavy atom. The number of carbonyl (C=O) groups excluding carboxylic acids is 2. The van der Waals surface area contributed by atoms with Crippen LogP contribution in [0.2, 0.25) is 0 Å². The van der Waals surface area contributed by atoms with Crippen molar-refractivity contribution in [2.45, 2.75) is 13.3 Å². The van der Waals surface area contributed by atoms with Gasteiger partial charge in [-0.25, -0.2) is 0 Å². The van der Waals surface area contributed by atoms with Crippen molar-refractivity contribution in [2.24, 2.45) is 0 Å². The molecular weight excluding hydrogens is 206 g/mol. The Balaban J connectivity index is 2.40. The molecule has 0 bridgehead atoms. The molecule has 0 aromatic heterocycles. The third-order valence-corrected chi connectivity index (χ3v) is 2.14. The van der Waals surface area contributed by atoms with Crippen LogP contribution in [0.15, 0.2) is 24.3 Å². The van der Waals surface area contributed by atoms with Crippen LogP contribution in [-0.2, 0) is 20.7 Å². The lowest BCUT2D eigenvalue weighted by Crippen LogP contribution is -2.31. The number of ether oxygens (including phenoxy) is 1. The molecule has 1 amide bonds. The molecule has 1 aromatic carbocycles. The molecule has 1 N–H and O–H groups in total. The molecule has 1 rings (SSSR count). The number of benzene rings is 1. The van der Waals surface area contributed by atoms with Gasteiger partial charge in [0.1, 0.15) is 6.54 Å². The Morgan fingerprint density at radius 3 is 2.44 bits per heavy atom. The van der Waals surface area contributed by atoms with Gasteiger partial charge in [-0.15, -0.1) is 0 Å². The lowest BCUT2D eigenvalue weighted by atomic mass is 10.1. The van der Waals surface area contributed by atoms with Gasteiger partial charge in [0, 0.05) is 0 Å². The lowest BCUT2D eigenvalue weighted by molar-refractivity contribution is -0.141. The summed E-state index contributed by atoms with van der Waals surface area (Å²) in [6.45, 7) is 1.91. The number of methoxy groups -OCH3 is 1. The normalized spacial score (nSPS) is 9.62. The monoisotopic (exact) mass is 221 g/mol. The zero-order chi connectivity index (χ0) is 12.0. The van der Waals surface area contributed by atoms with Gasteiger partial charge >= 0.3 is 5.97 Å². The molecule has 4 heteroatoms. The lowest BCUT2D eigenvalue weighted by Gasteiger charge is -2.04. The minimum Gasteiger partial charge on any atom is -0.468 e. The molecule has 1 aromatic rings. The molecule has 16 heavy (non-hydrogen) atoms. The van der Waals surface area contributed by atoms with E-state index in [-0.39, 0.29) is 18.9 Å². The molecule has 0 aliphatic rings. The first kappa shape index (κ1) is 12.2. The summed E-state index contributed by atoms with van der Waals surface area (Å²) in [5, 5.41) is 2.48. The second-order valence-electron chi connectivity index (χ2n) is 3.52. The Labute approximate surface area is 94.6 Å². The summed E-state index contributed by atoms with van der Waals surface area (Å²) >= 11 is 0. The Morgan fingerprint density at radius 1 is 1.25 bits per heavy atom. The van der Waals surface area contributed by atoms with Crippen LogP contribution in [0, 0.1) is 6.92 Å². The van der Waals surface area contributed by atoms with Gasteiger partial charge in [0.15, 0.2) is 0 Å². The second-order valence-corrected chi connectivity index (χ2v) is 3.52. The second kappa shape index (κ2) is 5.90. The molecule has 0 aliphatic heterocycles. The smallest absolute Gasteiger partial charge is 0.325 e. The van der Waals surface area contributed by atoms with Gasteiger partial charge in [0.25, 0.3) is 0 Å². The van der Waals surface area contributed by atoms with E-state index in [9.17, 15) is 9.59 Å². The van der Waals surface area contributed by atoms with Crippen molar-refractivity contribution >= 4 is 11.9 Å². The number of carbonyl (C=O) groups is 2. The molecule has 0 spiro atoms. The van der Waals surface area contributed by atoms with E-state index in [2.05, 4.69) is 10.1 Å². The summed E-state index contributed by atoms with van der Waals surface area (Å²) in [6, 6.07) is 7.69. The van der Waals surface area contributed by atoms with Crippen LogP contribution in [0.5, 0.6) is 0 Å². The van der Waals surface area contributed by atoms with Crippen molar-refractivity contribution < 1.29 is 14.3 Å². The van der Waals surface area contributed by atoms with Gasteiger partial charge < -0.3 is 10.1 Å².